The Labute approximate surface area is 117 Å². The summed E-state index contributed by atoms with van der Waals surface area (Å²) in [4.78, 5) is 0. The van der Waals surface area contributed by atoms with Gasteiger partial charge in [0.25, 0.3) is 0 Å². The normalized spacial score (nSPS) is 12.8. The van der Waals surface area contributed by atoms with Crippen molar-refractivity contribution in [2.45, 2.75) is 6.61 Å². The number of rotatable bonds is 2. The van der Waals surface area contributed by atoms with E-state index < -0.39 is 0 Å². The molecule has 0 amide bonds. The summed E-state index contributed by atoms with van der Waals surface area (Å²) in [5.74, 6) is 0. The Morgan fingerprint density at radius 1 is 0.800 bits per heavy atom. The molecule has 96 valence electrons. The predicted octanol–water partition coefficient (Wildman–Crippen LogP) is 4.23. The first-order valence-electron chi connectivity index (χ1n) is 6.81. The predicted molar refractivity (Wildman–Crippen MR) is 83.3 cm³/mol. The smallest absolute Gasteiger partial charge is 0.0687 e. The third kappa shape index (κ3) is 1.54. The quantitative estimate of drug-likeness (QED) is 0.570. The summed E-state index contributed by atoms with van der Waals surface area (Å²) < 4.78 is 0. The van der Waals surface area contributed by atoms with E-state index in [1.807, 2.05) is 12.1 Å². The maximum absolute atomic E-state index is 9.50. The van der Waals surface area contributed by atoms with Crippen LogP contribution in [0, 0.1) is 0 Å². The number of hydrogen-bond donors (Lipinski definition) is 1. The van der Waals surface area contributed by atoms with Crippen LogP contribution >= 0.6 is 0 Å². The number of aliphatic hydroxyl groups excluding tert-OH is 1. The first kappa shape index (κ1) is 11.4. The fourth-order valence-corrected chi connectivity index (χ4v) is 3.07. The maximum atomic E-state index is 9.50. The van der Waals surface area contributed by atoms with Crippen molar-refractivity contribution < 1.29 is 5.11 Å². The fraction of sp³-hybridized carbons (Fsp3) is 0.0526. The highest BCUT2D eigenvalue weighted by atomic mass is 16.3. The molecule has 20 heavy (non-hydrogen) atoms. The van der Waals surface area contributed by atoms with Crippen molar-refractivity contribution in [2.24, 2.45) is 0 Å². The molecule has 0 unspecified atom stereocenters. The van der Waals surface area contributed by atoms with Crippen LogP contribution < -0.4 is 0 Å². The van der Waals surface area contributed by atoms with Crippen LogP contribution in [0.4, 0.5) is 0 Å². The minimum absolute atomic E-state index is 0.0842. The fourth-order valence-electron chi connectivity index (χ4n) is 3.07. The van der Waals surface area contributed by atoms with Crippen molar-refractivity contribution in [1.82, 2.24) is 0 Å². The summed E-state index contributed by atoms with van der Waals surface area (Å²) in [7, 11) is 0. The molecule has 1 N–H and O–H groups in total. The Morgan fingerprint density at radius 3 is 2.45 bits per heavy atom. The molecule has 1 aliphatic rings. The van der Waals surface area contributed by atoms with Crippen LogP contribution in [0.25, 0.3) is 22.4 Å². The molecule has 4 rings (SSSR count). The van der Waals surface area contributed by atoms with Gasteiger partial charge in [-0.3, -0.25) is 0 Å². The second-order valence-electron chi connectivity index (χ2n) is 5.12. The minimum atomic E-state index is 0.0842. The van der Waals surface area contributed by atoms with Crippen LogP contribution in [0.15, 0.2) is 60.7 Å². The first-order valence-corrected chi connectivity index (χ1v) is 6.81. The molecule has 3 aromatic carbocycles. The first-order chi connectivity index (χ1) is 9.88. The van der Waals surface area contributed by atoms with E-state index >= 15 is 0 Å². The van der Waals surface area contributed by atoms with E-state index in [0.717, 1.165) is 10.9 Å². The van der Waals surface area contributed by atoms with Gasteiger partial charge >= 0.3 is 0 Å². The molecule has 1 aliphatic carbocycles. The summed E-state index contributed by atoms with van der Waals surface area (Å²) >= 11 is 0. The molecule has 0 saturated carbocycles. The Balaban J connectivity index is 2.02. The Morgan fingerprint density at radius 2 is 1.65 bits per heavy atom. The molecule has 0 bridgehead atoms. The average Bonchev–Trinajstić information content (AvgIpc) is 2.89. The van der Waals surface area contributed by atoms with Gasteiger partial charge in [0.1, 0.15) is 0 Å². The highest BCUT2D eigenvalue weighted by molar-refractivity contribution is 6.13. The Kier molecular flexibility index (Phi) is 2.48. The maximum Gasteiger partial charge on any atom is 0.0687 e. The van der Waals surface area contributed by atoms with Crippen LogP contribution in [0.5, 0.6) is 0 Å². The van der Waals surface area contributed by atoms with Gasteiger partial charge < -0.3 is 5.11 Å². The third-order valence-electron chi connectivity index (χ3n) is 4.01. The molecule has 1 nitrogen and oxygen atoms in total. The van der Waals surface area contributed by atoms with E-state index in [-0.39, 0.29) is 6.61 Å². The molecule has 0 saturated heterocycles. The van der Waals surface area contributed by atoms with Gasteiger partial charge in [0.05, 0.1) is 6.61 Å². The van der Waals surface area contributed by atoms with Crippen molar-refractivity contribution >= 4 is 22.4 Å². The van der Waals surface area contributed by atoms with Crippen LogP contribution in [0.2, 0.25) is 0 Å². The number of benzene rings is 3. The summed E-state index contributed by atoms with van der Waals surface area (Å²) in [5.41, 5.74) is 6.00. The monoisotopic (exact) mass is 258 g/mol. The van der Waals surface area contributed by atoms with Crippen molar-refractivity contribution in [3.8, 4) is 0 Å². The van der Waals surface area contributed by atoms with Gasteiger partial charge in [-0.05, 0) is 44.7 Å². The molecule has 1 heteroatoms. The standard InChI is InChI=1S/C19H14O/c20-12-15-9-10-17-18(13-5-2-1-3-6-13)11-14-7-4-8-16(15)19(14)17/h1-11,20H,12H2. The zero-order valence-corrected chi connectivity index (χ0v) is 11.0. The Bertz CT molecular complexity index is 829. The molecular weight excluding hydrogens is 244 g/mol. The molecule has 0 spiro atoms. The highest BCUT2D eigenvalue weighted by Crippen LogP contribution is 2.40. The summed E-state index contributed by atoms with van der Waals surface area (Å²) in [6, 6.07) is 20.9. The SMILES string of the molecule is OCc1ccc2c3c(cccc13)C=C2c1ccccc1. The molecule has 0 fully saturated rings. The van der Waals surface area contributed by atoms with Gasteiger partial charge in [0.15, 0.2) is 0 Å². The van der Waals surface area contributed by atoms with Crippen LogP contribution in [0.3, 0.4) is 0 Å². The van der Waals surface area contributed by atoms with Gasteiger partial charge in [-0.1, -0.05) is 60.7 Å². The van der Waals surface area contributed by atoms with Crippen LogP contribution in [0.1, 0.15) is 22.3 Å². The minimum Gasteiger partial charge on any atom is -0.392 e. The van der Waals surface area contributed by atoms with Crippen molar-refractivity contribution in [3.63, 3.8) is 0 Å². The highest BCUT2D eigenvalue weighted by Gasteiger charge is 2.18. The molecule has 0 aliphatic heterocycles. The zero-order chi connectivity index (χ0) is 13.5. The lowest BCUT2D eigenvalue weighted by Gasteiger charge is -2.09. The average molecular weight is 258 g/mol. The van der Waals surface area contributed by atoms with Crippen molar-refractivity contribution in [2.75, 3.05) is 0 Å². The van der Waals surface area contributed by atoms with E-state index in [1.165, 1.54) is 27.6 Å². The third-order valence-corrected chi connectivity index (χ3v) is 4.01. The number of hydrogen-bond acceptors (Lipinski definition) is 1. The second-order valence-corrected chi connectivity index (χ2v) is 5.12. The van der Waals surface area contributed by atoms with E-state index in [4.69, 9.17) is 0 Å². The molecular formula is C19H14O. The van der Waals surface area contributed by atoms with Crippen LogP contribution in [-0.4, -0.2) is 5.11 Å². The van der Waals surface area contributed by atoms with E-state index in [2.05, 4.69) is 54.6 Å². The van der Waals surface area contributed by atoms with Gasteiger partial charge in [-0.25, -0.2) is 0 Å². The van der Waals surface area contributed by atoms with Crippen molar-refractivity contribution in [3.05, 3.63) is 82.9 Å². The molecule has 0 atom stereocenters. The lowest BCUT2D eigenvalue weighted by molar-refractivity contribution is 0.283. The lowest BCUT2D eigenvalue weighted by atomic mass is 9.95. The largest absolute Gasteiger partial charge is 0.392 e. The molecule has 0 heterocycles. The molecule has 0 aromatic heterocycles. The lowest BCUT2D eigenvalue weighted by Crippen LogP contribution is -1.90. The van der Waals surface area contributed by atoms with Gasteiger partial charge in [-0.15, -0.1) is 0 Å². The zero-order valence-electron chi connectivity index (χ0n) is 11.0. The summed E-state index contributed by atoms with van der Waals surface area (Å²) in [5, 5.41) is 11.9. The van der Waals surface area contributed by atoms with Crippen LogP contribution in [-0.2, 0) is 6.61 Å². The van der Waals surface area contributed by atoms with Gasteiger partial charge in [-0.2, -0.15) is 0 Å². The topological polar surface area (TPSA) is 20.2 Å². The van der Waals surface area contributed by atoms with E-state index in [1.54, 1.807) is 0 Å². The number of aliphatic hydroxyl groups is 1. The molecule has 3 aromatic rings. The summed E-state index contributed by atoms with van der Waals surface area (Å²) in [6.45, 7) is 0.0842. The van der Waals surface area contributed by atoms with E-state index in [9.17, 15) is 5.11 Å². The van der Waals surface area contributed by atoms with E-state index in [0.29, 0.717) is 0 Å². The summed E-state index contributed by atoms with van der Waals surface area (Å²) in [6.07, 6.45) is 2.24. The van der Waals surface area contributed by atoms with Gasteiger partial charge in [0, 0.05) is 0 Å². The van der Waals surface area contributed by atoms with Gasteiger partial charge in [0.2, 0.25) is 0 Å². The second kappa shape index (κ2) is 4.32. The Hall–Kier alpha value is -2.38. The molecule has 0 radical (unpaired) electrons. The van der Waals surface area contributed by atoms with Crippen molar-refractivity contribution in [1.29, 1.82) is 0 Å².